The van der Waals surface area contributed by atoms with Crippen LogP contribution >= 0.6 is 0 Å². The molecule has 2 rings (SSSR count). The highest BCUT2D eigenvalue weighted by molar-refractivity contribution is 5.94. The van der Waals surface area contributed by atoms with Crippen LogP contribution in [0, 0.1) is 5.41 Å². The van der Waals surface area contributed by atoms with Crippen molar-refractivity contribution in [3.05, 3.63) is 30.1 Å². The van der Waals surface area contributed by atoms with Crippen molar-refractivity contribution in [1.29, 1.82) is 0 Å². The molecule has 1 fully saturated rings. The Labute approximate surface area is 105 Å². The molecular weight excluding hydrogens is 232 g/mol. The number of carbonyl (C=O) groups excluding carboxylic acids is 1. The van der Waals surface area contributed by atoms with Gasteiger partial charge in [-0.1, -0.05) is 6.42 Å². The van der Waals surface area contributed by atoms with Crippen LogP contribution in [0.2, 0.25) is 0 Å². The van der Waals surface area contributed by atoms with E-state index < -0.39 is 11.4 Å². The topological polar surface area (TPSA) is 79.3 Å². The van der Waals surface area contributed by atoms with Crippen molar-refractivity contribution in [3.8, 4) is 0 Å². The van der Waals surface area contributed by atoms with Crippen LogP contribution in [0.25, 0.3) is 0 Å². The first-order valence-corrected chi connectivity index (χ1v) is 5.98. The summed E-state index contributed by atoms with van der Waals surface area (Å²) in [5, 5.41) is 12.1. The lowest BCUT2D eigenvalue weighted by molar-refractivity contribution is -0.148. The summed E-state index contributed by atoms with van der Waals surface area (Å²) in [5.41, 5.74) is -0.354. The van der Waals surface area contributed by atoms with Crippen LogP contribution in [0.5, 0.6) is 0 Å². The van der Waals surface area contributed by atoms with Crippen molar-refractivity contribution in [1.82, 2.24) is 10.3 Å². The first kappa shape index (κ1) is 12.5. The summed E-state index contributed by atoms with van der Waals surface area (Å²) in [7, 11) is 0. The average molecular weight is 248 g/mol. The minimum Gasteiger partial charge on any atom is -0.481 e. The quantitative estimate of drug-likeness (QED) is 0.848. The molecule has 1 heterocycles. The fraction of sp³-hybridized carbons (Fsp3) is 0.462. The molecule has 1 amide bonds. The Morgan fingerprint density at radius 3 is 2.72 bits per heavy atom. The number of aromatic nitrogens is 1. The highest BCUT2D eigenvalue weighted by atomic mass is 16.4. The summed E-state index contributed by atoms with van der Waals surface area (Å²) in [6, 6.07) is 2.92. The van der Waals surface area contributed by atoms with Gasteiger partial charge in [-0.2, -0.15) is 0 Å². The summed E-state index contributed by atoms with van der Waals surface area (Å²) in [4.78, 5) is 27.1. The third-order valence-electron chi connectivity index (χ3n) is 3.69. The molecule has 1 aromatic rings. The van der Waals surface area contributed by atoms with Crippen LogP contribution < -0.4 is 5.32 Å². The van der Waals surface area contributed by atoms with Crippen LogP contribution in [0.15, 0.2) is 24.5 Å². The predicted molar refractivity (Wildman–Crippen MR) is 65.1 cm³/mol. The third kappa shape index (κ3) is 2.20. The summed E-state index contributed by atoms with van der Waals surface area (Å²) in [5.74, 6) is -1.09. The minimum atomic E-state index is -0.858. The second-order valence-corrected chi connectivity index (χ2v) is 4.88. The van der Waals surface area contributed by atoms with E-state index >= 15 is 0 Å². The van der Waals surface area contributed by atoms with Crippen molar-refractivity contribution in [3.63, 3.8) is 0 Å². The smallest absolute Gasteiger partial charge is 0.311 e. The zero-order chi connectivity index (χ0) is 13.2. The summed E-state index contributed by atoms with van der Waals surface area (Å²) < 4.78 is 0. The summed E-state index contributed by atoms with van der Waals surface area (Å²) in [6.45, 7) is 1.69. The van der Waals surface area contributed by atoms with E-state index in [1.165, 1.54) is 0 Å². The van der Waals surface area contributed by atoms with Crippen LogP contribution in [0.3, 0.4) is 0 Å². The Morgan fingerprint density at radius 2 is 2.11 bits per heavy atom. The van der Waals surface area contributed by atoms with E-state index in [1.807, 2.05) is 0 Å². The van der Waals surface area contributed by atoms with Gasteiger partial charge in [-0.25, -0.2) is 0 Å². The molecule has 0 aromatic carbocycles. The van der Waals surface area contributed by atoms with Crippen LogP contribution in [-0.4, -0.2) is 28.0 Å². The molecule has 1 saturated carbocycles. The summed E-state index contributed by atoms with van der Waals surface area (Å²) >= 11 is 0. The highest BCUT2D eigenvalue weighted by Gasteiger charge is 2.45. The lowest BCUT2D eigenvalue weighted by atomic mass is 9.85. The van der Waals surface area contributed by atoms with Gasteiger partial charge in [0.1, 0.15) is 0 Å². The molecule has 5 nitrogen and oxygen atoms in total. The second kappa shape index (κ2) is 4.76. The van der Waals surface area contributed by atoms with Crippen molar-refractivity contribution < 1.29 is 14.7 Å². The Morgan fingerprint density at radius 1 is 1.44 bits per heavy atom. The van der Waals surface area contributed by atoms with E-state index in [0.29, 0.717) is 18.4 Å². The van der Waals surface area contributed by atoms with Crippen molar-refractivity contribution in [2.45, 2.75) is 32.2 Å². The zero-order valence-electron chi connectivity index (χ0n) is 10.2. The highest BCUT2D eigenvalue weighted by Crippen LogP contribution is 2.38. The van der Waals surface area contributed by atoms with Crippen molar-refractivity contribution in [2.24, 2.45) is 5.41 Å². The van der Waals surface area contributed by atoms with Crippen LogP contribution in [0.4, 0.5) is 0 Å². The van der Waals surface area contributed by atoms with Gasteiger partial charge in [0.2, 0.25) is 0 Å². The fourth-order valence-electron chi connectivity index (χ4n) is 2.40. The molecule has 1 aliphatic rings. The van der Waals surface area contributed by atoms with Gasteiger partial charge in [-0.05, 0) is 31.9 Å². The molecule has 96 valence electrons. The number of rotatable bonds is 3. The number of hydrogen-bond acceptors (Lipinski definition) is 3. The van der Waals surface area contributed by atoms with Gasteiger partial charge in [0.25, 0.3) is 5.91 Å². The van der Waals surface area contributed by atoms with Gasteiger partial charge in [-0.3, -0.25) is 14.6 Å². The van der Waals surface area contributed by atoms with Gasteiger partial charge in [0.15, 0.2) is 0 Å². The number of carboxylic acid groups (broad SMARTS) is 1. The normalized spacial score (nSPS) is 26.8. The van der Waals surface area contributed by atoms with Gasteiger partial charge in [0, 0.05) is 24.0 Å². The maximum atomic E-state index is 12.0. The number of aliphatic carboxylic acids is 1. The van der Waals surface area contributed by atoms with Gasteiger partial charge >= 0.3 is 5.97 Å². The monoisotopic (exact) mass is 248 g/mol. The molecule has 0 saturated heterocycles. The standard InChI is InChI=1S/C13H16N2O3/c1-13(12(17)18)6-2-3-10(13)15-11(16)9-4-7-14-8-5-9/h4-5,7-8,10H,2-3,6H2,1H3,(H,15,16)(H,17,18). The molecule has 0 aliphatic heterocycles. The number of nitrogens with one attached hydrogen (secondary N) is 1. The summed E-state index contributed by atoms with van der Waals surface area (Å²) in [6.07, 6.45) is 5.22. The lowest BCUT2D eigenvalue weighted by Gasteiger charge is -2.27. The lowest BCUT2D eigenvalue weighted by Crippen LogP contribution is -2.47. The largest absolute Gasteiger partial charge is 0.481 e. The van der Waals surface area contributed by atoms with E-state index in [4.69, 9.17) is 0 Å². The predicted octanol–water partition coefficient (Wildman–Crippen LogP) is 1.45. The SMILES string of the molecule is CC1(C(=O)O)CCCC1NC(=O)c1ccncc1. The van der Waals surface area contributed by atoms with E-state index in [-0.39, 0.29) is 11.9 Å². The van der Waals surface area contributed by atoms with Crippen molar-refractivity contribution in [2.75, 3.05) is 0 Å². The number of amides is 1. The Balaban J connectivity index is 2.10. The Bertz CT molecular complexity index is 461. The molecule has 1 aliphatic carbocycles. The molecule has 5 heteroatoms. The number of pyridine rings is 1. The molecule has 2 N–H and O–H groups in total. The molecule has 2 unspecified atom stereocenters. The van der Waals surface area contributed by atoms with Gasteiger partial charge in [-0.15, -0.1) is 0 Å². The Hall–Kier alpha value is -1.91. The molecule has 1 aromatic heterocycles. The fourth-order valence-corrected chi connectivity index (χ4v) is 2.40. The van der Waals surface area contributed by atoms with Crippen LogP contribution in [0.1, 0.15) is 36.5 Å². The number of carboxylic acids is 1. The van der Waals surface area contributed by atoms with Gasteiger partial charge < -0.3 is 10.4 Å². The minimum absolute atomic E-state index is 0.239. The first-order valence-electron chi connectivity index (χ1n) is 5.98. The van der Waals surface area contributed by atoms with E-state index in [0.717, 1.165) is 6.42 Å². The first-order chi connectivity index (χ1) is 8.54. The molecule has 18 heavy (non-hydrogen) atoms. The maximum absolute atomic E-state index is 12.0. The molecule has 2 atom stereocenters. The van der Waals surface area contributed by atoms with E-state index in [2.05, 4.69) is 10.3 Å². The van der Waals surface area contributed by atoms with Gasteiger partial charge in [0.05, 0.1) is 5.41 Å². The number of hydrogen-bond donors (Lipinski definition) is 2. The zero-order valence-corrected chi connectivity index (χ0v) is 10.2. The molecule has 0 spiro atoms. The molecule has 0 bridgehead atoms. The number of carbonyl (C=O) groups is 2. The van der Waals surface area contributed by atoms with Crippen molar-refractivity contribution >= 4 is 11.9 Å². The third-order valence-corrected chi connectivity index (χ3v) is 3.69. The number of nitrogens with zero attached hydrogens (tertiary/aromatic N) is 1. The Kier molecular flexibility index (Phi) is 3.32. The molecule has 0 radical (unpaired) electrons. The van der Waals surface area contributed by atoms with Crippen LogP contribution in [-0.2, 0) is 4.79 Å². The van der Waals surface area contributed by atoms with E-state index in [9.17, 15) is 14.7 Å². The maximum Gasteiger partial charge on any atom is 0.311 e. The van der Waals surface area contributed by atoms with E-state index in [1.54, 1.807) is 31.5 Å². The second-order valence-electron chi connectivity index (χ2n) is 4.88. The average Bonchev–Trinajstić information content (AvgIpc) is 2.73. The molecular formula is C13H16N2O3.